The lowest BCUT2D eigenvalue weighted by Gasteiger charge is -2.31. The number of hydrogen-bond acceptors (Lipinski definition) is 16. The minimum Gasteiger partial charge on any atom is -0.463 e. The summed E-state index contributed by atoms with van der Waals surface area (Å²) in [5.74, 6) is -8.67. The summed E-state index contributed by atoms with van der Waals surface area (Å²) in [5, 5.41) is 29.6. The predicted molar refractivity (Wildman–Crippen MR) is 285 cm³/mol. The van der Waals surface area contributed by atoms with Gasteiger partial charge in [-0.15, -0.1) is 0 Å². The summed E-state index contributed by atoms with van der Waals surface area (Å²) < 4.78 is 27.5. The van der Waals surface area contributed by atoms with Gasteiger partial charge in [-0.2, -0.15) is 0 Å². The number of cyclic esters (lactones) is 1. The number of benzene rings is 2. The fraction of sp³-hybridized carbons (Fsp3) is 0.411. The molecule has 432 valence electrons. The maximum absolute atomic E-state index is 15.6. The van der Waals surface area contributed by atoms with Gasteiger partial charge in [-0.05, 0) is 74.8 Å². The Kier molecular flexibility index (Phi) is 18.0. The molecule has 0 saturated heterocycles. The average molecular weight is 1130 g/mol. The van der Waals surface area contributed by atoms with E-state index in [0.717, 1.165) is 17.1 Å². The third-order valence-corrected chi connectivity index (χ3v) is 14.5. The normalized spacial score (nSPS) is 17.2. The molecule has 8 rings (SSSR count). The van der Waals surface area contributed by atoms with Crippen molar-refractivity contribution in [3.63, 3.8) is 0 Å². The summed E-state index contributed by atoms with van der Waals surface area (Å²) in [6.45, 7) is 3.35. The number of aromatic nitrogens is 2. The standard InChI is InChI=1S/C56H61FN10O15/c1-5-56(80)34-20-40-51-32(26-67(40)54(78)33(34)27-81-55(56)79)50-36(12-11-31-29(4)35(57)21-38(64-51)49(31)50)65-53(77)37(13-16-48(75)82-28(2)3)62-44(71)24-60-43(70)23-61-52(76)39(19-30-9-7-6-8-10-30)63-45(72)25-59-42(69)22-58-41(68)17-18-66-46(73)14-15-47(66)74/h6-10,14-15,20-21,28,36-37,39,80H,5,11-13,16-19,22-27H2,1-4H3,(H,58,68)(H,59,69)(H,60,70)(H,61,76)(H,62,71)(H,63,72)(H,65,77)/t36-,37-,39-,56-/m0/s1. The summed E-state index contributed by atoms with van der Waals surface area (Å²) in [6, 6.07) is 7.84. The van der Waals surface area contributed by atoms with Gasteiger partial charge in [0.1, 0.15) is 24.5 Å². The second-order valence-electron chi connectivity index (χ2n) is 20.4. The number of hydrogen-bond donors (Lipinski definition) is 8. The first kappa shape index (κ1) is 58.9. The van der Waals surface area contributed by atoms with Gasteiger partial charge in [-0.25, -0.2) is 14.2 Å². The van der Waals surface area contributed by atoms with Crippen LogP contribution >= 0.6 is 0 Å². The highest BCUT2D eigenvalue weighted by molar-refractivity contribution is 6.13. The number of amides is 9. The van der Waals surface area contributed by atoms with Crippen LogP contribution in [0.3, 0.4) is 0 Å². The quantitative estimate of drug-likeness (QED) is 0.0298. The smallest absolute Gasteiger partial charge is 0.343 e. The second-order valence-corrected chi connectivity index (χ2v) is 20.4. The number of rotatable bonds is 23. The van der Waals surface area contributed by atoms with Crippen LogP contribution in [0.25, 0.3) is 22.3 Å². The Morgan fingerprint density at radius 3 is 2.10 bits per heavy atom. The van der Waals surface area contributed by atoms with E-state index in [2.05, 4.69) is 37.2 Å². The first-order chi connectivity index (χ1) is 39.1. The van der Waals surface area contributed by atoms with Gasteiger partial charge in [-0.3, -0.25) is 57.6 Å². The summed E-state index contributed by atoms with van der Waals surface area (Å²) in [5.41, 5.74) is 0.976. The number of esters is 2. The van der Waals surface area contributed by atoms with Crippen molar-refractivity contribution in [2.45, 2.75) is 116 Å². The molecule has 0 saturated carbocycles. The van der Waals surface area contributed by atoms with Crippen molar-refractivity contribution in [2.75, 3.05) is 32.7 Å². The van der Waals surface area contributed by atoms with Gasteiger partial charge in [0.05, 0.1) is 67.3 Å². The van der Waals surface area contributed by atoms with Crippen molar-refractivity contribution < 1.29 is 71.7 Å². The van der Waals surface area contributed by atoms with Gasteiger partial charge in [-0.1, -0.05) is 37.3 Å². The van der Waals surface area contributed by atoms with E-state index in [-0.39, 0.29) is 86.3 Å². The van der Waals surface area contributed by atoms with Crippen molar-refractivity contribution in [3.05, 3.63) is 110 Å². The molecule has 25 nitrogen and oxygen atoms in total. The van der Waals surface area contributed by atoms with Crippen LogP contribution in [0, 0.1) is 12.7 Å². The van der Waals surface area contributed by atoms with Crippen LogP contribution in [0.15, 0.2) is 59.4 Å². The summed E-state index contributed by atoms with van der Waals surface area (Å²) in [6.07, 6.45) is 1.21. The number of pyridine rings is 2. The predicted octanol–water partition coefficient (Wildman–Crippen LogP) is -0.645. The minimum atomic E-state index is -2.11. The Balaban J connectivity index is 0.907. The highest BCUT2D eigenvalue weighted by atomic mass is 19.1. The number of carbonyl (C=O) groups is 11. The number of halogens is 1. The molecule has 4 aromatic rings. The Morgan fingerprint density at radius 1 is 0.805 bits per heavy atom. The highest BCUT2D eigenvalue weighted by Crippen LogP contribution is 2.46. The molecule has 9 amide bonds. The van der Waals surface area contributed by atoms with E-state index in [0.29, 0.717) is 39.6 Å². The summed E-state index contributed by atoms with van der Waals surface area (Å²) in [7, 11) is 0. The fourth-order valence-corrected chi connectivity index (χ4v) is 10.3. The van der Waals surface area contributed by atoms with Crippen LogP contribution in [-0.4, -0.2) is 136 Å². The van der Waals surface area contributed by atoms with E-state index in [1.165, 1.54) is 16.7 Å². The minimum absolute atomic E-state index is 0.0411. The third kappa shape index (κ3) is 13.0. The molecule has 4 atom stereocenters. The average Bonchev–Trinajstić information content (AvgIpc) is 1.65. The Bertz CT molecular complexity index is 3400. The van der Waals surface area contributed by atoms with Crippen molar-refractivity contribution in [1.29, 1.82) is 0 Å². The molecule has 0 fully saturated rings. The molecule has 3 aliphatic heterocycles. The van der Waals surface area contributed by atoms with Crippen molar-refractivity contribution in [1.82, 2.24) is 51.7 Å². The molecular weight excluding hydrogens is 1070 g/mol. The molecule has 0 radical (unpaired) electrons. The Labute approximate surface area is 467 Å². The largest absolute Gasteiger partial charge is 0.463 e. The number of fused-ring (bicyclic) bond motifs is 5. The van der Waals surface area contributed by atoms with Crippen LogP contribution < -0.4 is 42.8 Å². The van der Waals surface area contributed by atoms with Crippen LogP contribution in [0.1, 0.15) is 97.9 Å². The number of aryl methyl sites for hydroxylation is 1. The Morgan fingerprint density at radius 2 is 1.44 bits per heavy atom. The number of nitrogens with zero attached hydrogens (tertiary/aromatic N) is 3. The lowest BCUT2D eigenvalue weighted by molar-refractivity contribution is -0.172. The molecule has 0 bridgehead atoms. The number of nitrogens with one attached hydrogen (secondary N) is 7. The van der Waals surface area contributed by atoms with Crippen LogP contribution in [0.2, 0.25) is 0 Å². The second kappa shape index (κ2) is 25.1. The monoisotopic (exact) mass is 1130 g/mol. The van der Waals surface area contributed by atoms with Crippen molar-refractivity contribution >= 4 is 76.0 Å². The molecule has 82 heavy (non-hydrogen) atoms. The zero-order valence-electron chi connectivity index (χ0n) is 45.3. The van der Waals surface area contributed by atoms with Crippen LogP contribution in [-0.2, 0) is 93.8 Å². The zero-order valence-corrected chi connectivity index (χ0v) is 45.3. The van der Waals surface area contributed by atoms with Gasteiger partial charge < -0.3 is 56.4 Å². The molecule has 26 heteroatoms. The maximum atomic E-state index is 15.6. The SMILES string of the molecule is CC[C@@]1(O)C(=O)OCc2c1cc1n(c2=O)Cc2c-1nc1cc(F)c(C)c3c1c2[C@@H](NC(=O)[C@H](CCC(=O)OC(C)C)NC(=O)CNC(=O)CNC(=O)[C@H](Cc1ccccc1)NC(=O)CNC(=O)CNC(=O)CCN1C(=O)C=CC1=O)CC3. The number of ether oxygens (including phenoxy) is 2. The number of aliphatic hydroxyl groups is 1. The summed E-state index contributed by atoms with van der Waals surface area (Å²) in [4.78, 5) is 161. The van der Waals surface area contributed by atoms with Gasteiger partial charge in [0.2, 0.25) is 41.4 Å². The molecular formula is C56H61FN10O15. The topological polar surface area (TPSA) is 349 Å². The lowest BCUT2D eigenvalue weighted by Crippen LogP contribution is -2.53. The number of carbonyl (C=O) groups excluding carboxylic acids is 11. The van der Waals surface area contributed by atoms with E-state index in [1.807, 2.05) is 0 Å². The molecule has 0 unspecified atom stereocenters. The highest BCUT2D eigenvalue weighted by Gasteiger charge is 2.46. The first-order valence-corrected chi connectivity index (χ1v) is 26.6. The molecule has 4 aliphatic rings. The van der Waals surface area contributed by atoms with E-state index in [4.69, 9.17) is 14.5 Å². The van der Waals surface area contributed by atoms with Gasteiger partial charge in [0.25, 0.3) is 17.4 Å². The Hall–Kier alpha value is -9.20. The summed E-state index contributed by atoms with van der Waals surface area (Å²) >= 11 is 0. The molecule has 8 N–H and O–H groups in total. The molecule has 0 spiro atoms. The maximum Gasteiger partial charge on any atom is 0.343 e. The lowest BCUT2D eigenvalue weighted by atomic mass is 9.81. The van der Waals surface area contributed by atoms with Gasteiger partial charge >= 0.3 is 11.9 Å². The molecule has 5 heterocycles. The van der Waals surface area contributed by atoms with E-state index in [1.54, 1.807) is 58.0 Å². The zero-order chi connectivity index (χ0) is 59.2. The molecule has 1 aliphatic carbocycles. The van der Waals surface area contributed by atoms with Crippen LogP contribution in [0.4, 0.5) is 4.39 Å². The van der Waals surface area contributed by atoms with Gasteiger partial charge in [0.15, 0.2) is 5.60 Å². The van der Waals surface area contributed by atoms with Gasteiger partial charge in [0, 0.05) is 60.5 Å². The third-order valence-electron chi connectivity index (χ3n) is 14.5. The fourth-order valence-electron chi connectivity index (χ4n) is 10.3. The first-order valence-electron chi connectivity index (χ1n) is 26.6. The number of imide groups is 1. The van der Waals surface area contributed by atoms with Crippen LogP contribution in [0.5, 0.6) is 0 Å². The molecule has 2 aromatic carbocycles. The van der Waals surface area contributed by atoms with E-state index >= 15 is 4.39 Å². The van der Waals surface area contributed by atoms with Crippen molar-refractivity contribution in [2.24, 2.45) is 0 Å². The van der Waals surface area contributed by atoms with Crippen molar-refractivity contribution in [3.8, 4) is 11.4 Å². The van der Waals surface area contributed by atoms with E-state index in [9.17, 15) is 62.6 Å². The van der Waals surface area contributed by atoms with E-state index < -0.39 is 132 Å². The molecule has 2 aromatic heterocycles.